The number of hydrogen-bond acceptors (Lipinski definition) is 3. The molecule has 0 aromatic heterocycles. The molecule has 21 heavy (non-hydrogen) atoms. The zero-order chi connectivity index (χ0) is 14.8. The topological polar surface area (TPSA) is 38.8 Å². The molecular formula is C16H14ClNO3. The minimum Gasteiger partial charge on any atom is -0.454 e. The van der Waals surface area contributed by atoms with Crippen LogP contribution in [0.25, 0.3) is 0 Å². The van der Waals surface area contributed by atoms with E-state index in [0.717, 1.165) is 17.1 Å². The van der Waals surface area contributed by atoms with Crippen molar-refractivity contribution in [3.8, 4) is 11.5 Å². The minimum atomic E-state index is -0.0739. The SMILES string of the molecule is CN(Cc1ccc2c(c1)OCO2)C(=O)c1cccc(Cl)c1. The van der Waals surface area contributed by atoms with Gasteiger partial charge >= 0.3 is 0 Å². The predicted molar refractivity (Wildman–Crippen MR) is 79.8 cm³/mol. The van der Waals surface area contributed by atoms with Gasteiger partial charge in [0.05, 0.1) is 0 Å². The molecule has 2 aromatic carbocycles. The summed E-state index contributed by atoms with van der Waals surface area (Å²) < 4.78 is 10.6. The van der Waals surface area contributed by atoms with Crippen molar-refractivity contribution in [1.82, 2.24) is 4.90 Å². The Kier molecular flexibility index (Phi) is 3.71. The van der Waals surface area contributed by atoms with Gasteiger partial charge in [0.25, 0.3) is 5.91 Å². The van der Waals surface area contributed by atoms with Crippen molar-refractivity contribution >= 4 is 17.5 Å². The summed E-state index contributed by atoms with van der Waals surface area (Å²) in [5, 5.41) is 0.553. The molecule has 0 bridgehead atoms. The average molecular weight is 304 g/mol. The number of amides is 1. The molecule has 0 unspecified atom stereocenters. The van der Waals surface area contributed by atoms with Crippen LogP contribution in [-0.4, -0.2) is 24.6 Å². The van der Waals surface area contributed by atoms with E-state index in [4.69, 9.17) is 21.1 Å². The highest BCUT2D eigenvalue weighted by atomic mass is 35.5. The van der Waals surface area contributed by atoms with Crippen LogP contribution in [0.3, 0.4) is 0 Å². The Morgan fingerprint density at radius 3 is 2.81 bits per heavy atom. The van der Waals surface area contributed by atoms with E-state index in [2.05, 4.69) is 0 Å². The second-order valence-electron chi connectivity index (χ2n) is 4.86. The fourth-order valence-electron chi connectivity index (χ4n) is 2.23. The Labute approximate surface area is 127 Å². The molecule has 0 fully saturated rings. The monoisotopic (exact) mass is 303 g/mol. The molecule has 4 nitrogen and oxygen atoms in total. The third kappa shape index (κ3) is 2.95. The molecular weight excluding hydrogens is 290 g/mol. The van der Waals surface area contributed by atoms with Gasteiger partial charge in [0, 0.05) is 24.2 Å². The molecule has 108 valence electrons. The Morgan fingerprint density at radius 1 is 1.19 bits per heavy atom. The van der Waals surface area contributed by atoms with Crippen LogP contribution in [0.15, 0.2) is 42.5 Å². The smallest absolute Gasteiger partial charge is 0.253 e. The molecule has 1 amide bonds. The van der Waals surface area contributed by atoms with Crippen molar-refractivity contribution in [1.29, 1.82) is 0 Å². The highest BCUT2D eigenvalue weighted by molar-refractivity contribution is 6.30. The molecule has 1 aliphatic heterocycles. The molecule has 0 aliphatic carbocycles. The molecule has 0 atom stereocenters. The summed E-state index contributed by atoms with van der Waals surface area (Å²) >= 11 is 5.92. The Hall–Kier alpha value is -2.20. The molecule has 2 aromatic rings. The lowest BCUT2D eigenvalue weighted by Crippen LogP contribution is -2.26. The molecule has 5 heteroatoms. The number of rotatable bonds is 3. The first-order valence-corrected chi connectivity index (χ1v) is 6.91. The van der Waals surface area contributed by atoms with Gasteiger partial charge in [0.1, 0.15) is 0 Å². The van der Waals surface area contributed by atoms with Crippen molar-refractivity contribution in [3.63, 3.8) is 0 Å². The number of halogens is 1. The van der Waals surface area contributed by atoms with E-state index < -0.39 is 0 Å². The summed E-state index contributed by atoms with van der Waals surface area (Å²) in [6.45, 7) is 0.734. The fraction of sp³-hybridized carbons (Fsp3) is 0.188. The molecule has 0 N–H and O–H groups in total. The van der Waals surface area contributed by atoms with Gasteiger partial charge in [0.2, 0.25) is 6.79 Å². The van der Waals surface area contributed by atoms with Crippen LogP contribution >= 0.6 is 11.6 Å². The molecule has 1 heterocycles. The summed E-state index contributed by atoms with van der Waals surface area (Å²) in [5.74, 6) is 1.38. The second kappa shape index (κ2) is 5.66. The van der Waals surface area contributed by atoms with Crippen LogP contribution in [-0.2, 0) is 6.54 Å². The van der Waals surface area contributed by atoms with Gasteiger partial charge in [-0.05, 0) is 35.9 Å². The zero-order valence-electron chi connectivity index (χ0n) is 11.5. The van der Waals surface area contributed by atoms with E-state index in [1.807, 2.05) is 18.2 Å². The van der Waals surface area contributed by atoms with Gasteiger partial charge < -0.3 is 14.4 Å². The van der Waals surface area contributed by atoms with Gasteiger partial charge in [-0.15, -0.1) is 0 Å². The van der Waals surface area contributed by atoms with Gasteiger partial charge in [0.15, 0.2) is 11.5 Å². The van der Waals surface area contributed by atoms with E-state index in [-0.39, 0.29) is 12.7 Å². The molecule has 0 spiro atoms. The van der Waals surface area contributed by atoms with E-state index in [1.165, 1.54) is 0 Å². The van der Waals surface area contributed by atoms with Gasteiger partial charge in [-0.3, -0.25) is 4.79 Å². The Bertz CT molecular complexity index is 687. The largest absolute Gasteiger partial charge is 0.454 e. The number of carbonyl (C=O) groups is 1. The standard InChI is InChI=1S/C16H14ClNO3/c1-18(16(19)12-3-2-4-13(17)8-12)9-11-5-6-14-15(7-11)21-10-20-14/h2-8H,9-10H2,1H3. The quantitative estimate of drug-likeness (QED) is 0.873. The fourth-order valence-corrected chi connectivity index (χ4v) is 2.42. The number of benzene rings is 2. The molecule has 0 saturated carbocycles. The lowest BCUT2D eigenvalue weighted by atomic mass is 10.1. The Morgan fingerprint density at radius 2 is 2.00 bits per heavy atom. The minimum absolute atomic E-state index is 0.0739. The van der Waals surface area contributed by atoms with Crippen LogP contribution < -0.4 is 9.47 Å². The van der Waals surface area contributed by atoms with E-state index in [0.29, 0.717) is 17.1 Å². The molecule has 1 aliphatic rings. The summed E-state index contributed by atoms with van der Waals surface area (Å²) in [6, 6.07) is 12.6. The second-order valence-corrected chi connectivity index (χ2v) is 5.30. The maximum Gasteiger partial charge on any atom is 0.253 e. The maximum atomic E-state index is 12.3. The van der Waals surface area contributed by atoms with Gasteiger partial charge in [-0.25, -0.2) is 0 Å². The number of carbonyl (C=O) groups excluding carboxylic acids is 1. The first-order valence-electron chi connectivity index (χ1n) is 6.53. The zero-order valence-corrected chi connectivity index (χ0v) is 12.3. The van der Waals surface area contributed by atoms with E-state index >= 15 is 0 Å². The summed E-state index contributed by atoms with van der Waals surface area (Å²) in [7, 11) is 1.76. The first-order chi connectivity index (χ1) is 10.1. The molecule has 0 radical (unpaired) electrons. The lowest BCUT2D eigenvalue weighted by molar-refractivity contribution is 0.0785. The first kappa shape index (κ1) is 13.8. The van der Waals surface area contributed by atoms with E-state index in [1.54, 1.807) is 36.2 Å². The number of nitrogens with zero attached hydrogens (tertiary/aromatic N) is 1. The number of ether oxygens (including phenoxy) is 2. The van der Waals surface area contributed by atoms with Crippen LogP contribution in [0, 0.1) is 0 Å². The number of hydrogen-bond donors (Lipinski definition) is 0. The van der Waals surface area contributed by atoms with Crippen LogP contribution in [0.5, 0.6) is 11.5 Å². The van der Waals surface area contributed by atoms with E-state index in [9.17, 15) is 4.79 Å². The summed E-state index contributed by atoms with van der Waals surface area (Å²) in [6.07, 6.45) is 0. The number of fused-ring (bicyclic) bond motifs is 1. The summed E-state index contributed by atoms with van der Waals surface area (Å²) in [4.78, 5) is 14.0. The van der Waals surface area contributed by atoms with Crippen molar-refractivity contribution in [2.75, 3.05) is 13.8 Å². The van der Waals surface area contributed by atoms with Crippen molar-refractivity contribution in [2.24, 2.45) is 0 Å². The average Bonchev–Trinajstić information content (AvgIpc) is 2.94. The van der Waals surface area contributed by atoms with Crippen molar-refractivity contribution in [2.45, 2.75) is 6.54 Å². The predicted octanol–water partition coefficient (Wildman–Crippen LogP) is 3.34. The molecule has 3 rings (SSSR count). The normalized spacial score (nSPS) is 12.3. The van der Waals surface area contributed by atoms with Gasteiger partial charge in [-0.2, -0.15) is 0 Å². The van der Waals surface area contributed by atoms with Gasteiger partial charge in [-0.1, -0.05) is 23.7 Å². The highest BCUT2D eigenvalue weighted by Crippen LogP contribution is 2.32. The third-order valence-electron chi connectivity index (χ3n) is 3.27. The lowest BCUT2D eigenvalue weighted by Gasteiger charge is -2.17. The summed E-state index contributed by atoms with van der Waals surface area (Å²) in [5.41, 5.74) is 1.56. The Balaban J connectivity index is 1.74. The molecule has 0 saturated heterocycles. The van der Waals surface area contributed by atoms with Crippen molar-refractivity contribution < 1.29 is 14.3 Å². The van der Waals surface area contributed by atoms with Crippen LogP contribution in [0.1, 0.15) is 15.9 Å². The van der Waals surface area contributed by atoms with Crippen molar-refractivity contribution in [3.05, 3.63) is 58.6 Å². The van der Waals surface area contributed by atoms with Crippen LogP contribution in [0.4, 0.5) is 0 Å². The third-order valence-corrected chi connectivity index (χ3v) is 3.51. The highest BCUT2D eigenvalue weighted by Gasteiger charge is 2.16. The maximum absolute atomic E-state index is 12.3. The van der Waals surface area contributed by atoms with Crippen LogP contribution in [0.2, 0.25) is 5.02 Å².